The van der Waals surface area contributed by atoms with E-state index in [0.717, 1.165) is 0 Å². The van der Waals surface area contributed by atoms with E-state index in [2.05, 4.69) is 20.4 Å². The molecule has 4 aromatic rings. The molecule has 8 nitrogen and oxygen atoms in total. The third-order valence-corrected chi connectivity index (χ3v) is 4.99. The maximum atomic E-state index is 12.9. The van der Waals surface area contributed by atoms with Crippen LogP contribution in [-0.2, 0) is 0 Å². The van der Waals surface area contributed by atoms with Gasteiger partial charge in [0.15, 0.2) is 5.76 Å². The first-order valence-electron chi connectivity index (χ1n) is 9.34. The number of hydrogen-bond acceptors (Lipinski definition) is 5. The number of halogens is 2. The summed E-state index contributed by atoms with van der Waals surface area (Å²) >= 11 is 12.1. The van der Waals surface area contributed by atoms with Gasteiger partial charge in [-0.15, -0.1) is 0 Å². The molecule has 0 unspecified atom stereocenters. The van der Waals surface area contributed by atoms with Crippen LogP contribution in [0.1, 0.15) is 35.8 Å². The monoisotopic (exact) mass is 457 g/mol. The lowest BCUT2D eigenvalue weighted by Crippen LogP contribution is -2.19. The van der Waals surface area contributed by atoms with Crippen molar-refractivity contribution in [2.24, 2.45) is 0 Å². The van der Waals surface area contributed by atoms with Gasteiger partial charge in [0, 0.05) is 17.2 Å². The highest BCUT2D eigenvalue weighted by molar-refractivity contribution is 6.37. The number of anilines is 1. The molecule has 0 saturated heterocycles. The van der Waals surface area contributed by atoms with Crippen LogP contribution in [-0.4, -0.2) is 25.7 Å². The lowest BCUT2D eigenvalue weighted by molar-refractivity contribution is 0.102. The lowest BCUT2D eigenvalue weighted by Gasteiger charge is -2.11. The first kappa shape index (κ1) is 20.9. The van der Waals surface area contributed by atoms with Crippen molar-refractivity contribution in [2.45, 2.75) is 19.8 Å². The highest BCUT2D eigenvalue weighted by atomic mass is 35.5. The molecule has 4 rings (SSSR count). The van der Waals surface area contributed by atoms with Gasteiger partial charge < -0.3 is 9.73 Å². The average molecular weight is 458 g/mol. The minimum atomic E-state index is -0.476. The van der Waals surface area contributed by atoms with E-state index in [9.17, 15) is 9.59 Å². The summed E-state index contributed by atoms with van der Waals surface area (Å²) in [5.41, 5.74) is 0.935. The quantitative estimate of drug-likeness (QED) is 0.443. The van der Waals surface area contributed by atoms with Gasteiger partial charge in [-0.25, -0.2) is 4.98 Å². The normalized spacial score (nSPS) is 11.1. The van der Waals surface area contributed by atoms with Gasteiger partial charge in [0.05, 0.1) is 22.5 Å². The highest BCUT2D eigenvalue weighted by Gasteiger charge is 2.19. The van der Waals surface area contributed by atoms with Gasteiger partial charge in [-0.3, -0.25) is 14.6 Å². The van der Waals surface area contributed by atoms with E-state index >= 15 is 0 Å². The molecule has 0 saturated carbocycles. The topological polar surface area (TPSA) is 106 Å². The summed E-state index contributed by atoms with van der Waals surface area (Å²) in [6.45, 7) is 3.85. The number of aromatic nitrogens is 4. The van der Waals surface area contributed by atoms with Crippen molar-refractivity contribution in [1.82, 2.24) is 19.7 Å². The Bertz CT molecular complexity index is 1310. The predicted molar refractivity (Wildman–Crippen MR) is 118 cm³/mol. The second-order valence-electron chi connectivity index (χ2n) is 7.03. The van der Waals surface area contributed by atoms with Crippen LogP contribution in [0.3, 0.4) is 0 Å². The van der Waals surface area contributed by atoms with Gasteiger partial charge >= 0.3 is 0 Å². The van der Waals surface area contributed by atoms with Crippen molar-refractivity contribution in [3.05, 3.63) is 80.4 Å². The zero-order valence-corrected chi connectivity index (χ0v) is 18.0. The Balaban J connectivity index is 1.80. The molecule has 0 radical (unpaired) electrons. The molecular weight excluding hydrogens is 441 g/mol. The number of H-pyrrole nitrogens is 1. The fourth-order valence-corrected chi connectivity index (χ4v) is 3.39. The van der Waals surface area contributed by atoms with E-state index in [-0.39, 0.29) is 33.8 Å². The van der Waals surface area contributed by atoms with Crippen LogP contribution in [0.2, 0.25) is 10.0 Å². The molecule has 0 fully saturated rings. The molecule has 3 aromatic heterocycles. The lowest BCUT2D eigenvalue weighted by atomic mass is 10.1. The summed E-state index contributed by atoms with van der Waals surface area (Å²) in [6.07, 6.45) is 1.51. The number of carbonyl (C=O) groups is 1. The van der Waals surface area contributed by atoms with Gasteiger partial charge in [-0.2, -0.15) is 9.78 Å². The molecular formula is C21H17Cl2N5O3. The van der Waals surface area contributed by atoms with Gasteiger partial charge in [0.25, 0.3) is 11.5 Å². The van der Waals surface area contributed by atoms with Crippen LogP contribution in [0.5, 0.6) is 0 Å². The largest absolute Gasteiger partial charge is 0.463 e. The van der Waals surface area contributed by atoms with Crippen molar-refractivity contribution in [1.29, 1.82) is 0 Å². The molecule has 0 bridgehead atoms. The molecule has 3 heterocycles. The van der Waals surface area contributed by atoms with Crippen molar-refractivity contribution >= 4 is 34.9 Å². The standard InChI is InChI=1S/C21H17Cl2N5O3/c1-11(2)15-10-19(29)26-21(24-15)28-18(9-16(27-28)17-4-3-7-31-17)25-20(30)13-6-5-12(22)8-14(13)23/h3-11H,1-2H3,(H,25,30)(H,24,26,29). The van der Waals surface area contributed by atoms with E-state index in [1.807, 2.05) is 13.8 Å². The van der Waals surface area contributed by atoms with Gasteiger partial charge in [-0.05, 0) is 36.2 Å². The molecule has 158 valence electrons. The van der Waals surface area contributed by atoms with Crippen molar-refractivity contribution in [3.8, 4) is 17.4 Å². The van der Waals surface area contributed by atoms with Crippen LogP contribution in [0, 0.1) is 0 Å². The number of amides is 1. The second kappa shape index (κ2) is 8.41. The minimum Gasteiger partial charge on any atom is -0.463 e. The number of benzene rings is 1. The molecule has 0 spiro atoms. The van der Waals surface area contributed by atoms with Crippen molar-refractivity contribution in [2.75, 3.05) is 5.32 Å². The number of nitrogens with zero attached hydrogens (tertiary/aromatic N) is 3. The Morgan fingerprint density at radius 1 is 1.19 bits per heavy atom. The Hall–Kier alpha value is -3.36. The zero-order chi connectivity index (χ0) is 22.1. The first-order valence-corrected chi connectivity index (χ1v) is 10.1. The van der Waals surface area contributed by atoms with E-state index in [1.54, 1.807) is 24.3 Å². The maximum Gasteiger partial charge on any atom is 0.258 e. The average Bonchev–Trinajstić information content (AvgIpc) is 3.37. The molecule has 0 aliphatic rings. The Kier molecular flexibility index (Phi) is 5.67. The smallest absolute Gasteiger partial charge is 0.258 e. The summed E-state index contributed by atoms with van der Waals surface area (Å²) in [5, 5.41) is 7.86. The summed E-state index contributed by atoms with van der Waals surface area (Å²) < 4.78 is 6.75. The molecule has 31 heavy (non-hydrogen) atoms. The Morgan fingerprint density at radius 3 is 2.68 bits per heavy atom. The Morgan fingerprint density at radius 2 is 2.00 bits per heavy atom. The zero-order valence-electron chi connectivity index (χ0n) is 16.5. The number of carbonyl (C=O) groups excluding carboxylic acids is 1. The second-order valence-corrected chi connectivity index (χ2v) is 7.87. The number of hydrogen-bond donors (Lipinski definition) is 2. The third-order valence-electron chi connectivity index (χ3n) is 4.44. The fourth-order valence-electron chi connectivity index (χ4n) is 2.89. The number of aromatic amines is 1. The van der Waals surface area contributed by atoms with E-state index < -0.39 is 5.91 Å². The minimum absolute atomic E-state index is 0.0204. The van der Waals surface area contributed by atoms with Crippen LogP contribution >= 0.6 is 23.2 Å². The van der Waals surface area contributed by atoms with Gasteiger partial charge in [0.1, 0.15) is 11.5 Å². The number of furan rings is 1. The fraction of sp³-hybridized carbons (Fsp3) is 0.143. The van der Waals surface area contributed by atoms with E-state index in [1.165, 1.54) is 29.1 Å². The summed E-state index contributed by atoms with van der Waals surface area (Å²) in [7, 11) is 0. The molecule has 1 aromatic carbocycles. The third kappa shape index (κ3) is 4.40. The van der Waals surface area contributed by atoms with Crippen LogP contribution in [0.25, 0.3) is 17.4 Å². The van der Waals surface area contributed by atoms with E-state index in [0.29, 0.717) is 22.2 Å². The molecule has 2 N–H and O–H groups in total. The van der Waals surface area contributed by atoms with Crippen LogP contribution in [0.4, 0.5) is 5.82 Å². The molecule has 0 aliphatic carbocycles. The summed E-state index contributed by atoms with van der Waals surface area (Å²) in [4.78, 5) is 32.2. The molecule has 0 atom stereocenters. The van der Waals surface area contributed by atoms with Crippen molar-refractivity contribution in [3.63, 3.8) is 0 Å². The number of nitrogens with one attached hydrogen (secondary N) is 2. The van der Waals surface area contributed by atoms with E-state index in [4.69, 9.17) is 27.6 Å². The van der Waals surface area contributed by atoms with Crippen LogP contribution < -0.4 is 10.9 Å². The SMILES string of the molecule is CC(C)c1cc(=O)[nH]c(-n2nc(-c3ccco3)cc2NC(=O)c2ccc(Cl)cc2Cl)n1. The number of rotatable bonds is 5. The molecule has 0 aliphatic heterocycles. The van der Waals surface area contributed by atoms with Gasteiger partial charge in [-0.1, -0.05) is 37.0 Å². The first-order chi connectivity index (χ1) is 14.8. The predicted octanol–water partition coefficient (Wildman–Crippen LogP) is 4.90. The summed E-state index contributed by atoms with van der Waals surface area (Å²) in [6, 6.07) is 11.1. The maximum absolute atomic E-state index is 12.9. The van der Waals surface area contributed by atoms with Crippen molar-refractivity contribution < 1.29 is 9.21 Å². The Labute approximate surface area is 186 Å². The summed E-state index contributed by atoms with van der Waals surface area (Å²) in [5.74, 6) is 0.461. The molecule has 1 amide bonds. The molecule has 10 heteroatoms. The highest BCUT2D eigenvalue weighted by Crippen LogP contribution is 2.26. The van der Waals surface area contributed by atoms with Gasteiger partial charge in [0.2, 0.25) is 5.95 Å². The van der Waals surface area contributed by atoms with Crippen LogP contribution in [0.15, 0.2) is 57.9 Å².